The van der Waals surface area contributed by atoms with Crippen molar-refractivity contribution in [1.29, 1.82) is 0 Å². The summed E-state index contributed by atoms with van der Waals surface area (Å²) in [4.78, 5) is 6.52. The Morgan fingerprint density at radius 2 is 1.87 bits per heavy atom. The van der Waals surface area contributed by atoms with E-state index in [1.54, 1.807) is 0 Å². The molecule has 2 aliphatic rings. The van der Waals surface area contributed by atoms with Gasteiger partial charge in [0.05, 0.1) is 6.33 Å². The fraction of sp³-hybridized carbons (Fsp3) is 0.500. The smallest absolute Gasteiger partial charge is 0.178 e. The van der Waals surface area contributed by atoms with Crippen LogP contribution in [0.15, 0.2) is 30.9 Å². The van der Waals surface area contributed by atoms with E-state index in [9.17, 15) is 0 Å². The van der Waals surface area contributed by atoms with Crippen molar-refractivity contribution in [3.05, 3.63) is 36.7 Å². The monoisotopic (exact) mass is 309 g/mol. The minimum atomic E-state index is 0.550. The zero-order valence-corrected chi connectivity index (χ0v) is 12.9. The summed E-state index contributed by atoms with van der Waals surface area (Å²) in [6, 6.07) is 4.65. The lowest BCUT2D eigenvalue weighted by atomic mass is 10.1. The third-order valence-electron chi connectivity index (χ3n) is 4.95. The molecular weight excluding hydrogens is 290 g/mol. The fourth-order valence-electron chi connectivity index (χ4n) is 3.44. The van der Waals surface area contributed by atoms with E-state index in [-0.39, 0.29) is 0 Å². The minimum Gasteiger partial charge on any atom is -0.355 e. The molecular formula is C16H19N7. The van der Waals surface area contributed by atoms with E-state index in [1.807, 2.05) is 23.1 Å². The van der Waals surface area contributed by atoms with Crippen LogP contribution in [0.1, 0.15) is 43.5 Å². The van der Waals surface area contributed by atoms with Crippen molar-refractivity contribution in [2.24, 2.45) is 0 Å². The first-order chi connectivity index (χ1) is 11.4. The van der Waals surface area contributed by atoms with Crippen LogP contribution in [-0.2, 0) is 0 Å². The van der Waals surface area contributed by atoms with Crippen molar-refractivity contribution < 1.29 is 0 Å². The van der Waals surface area contributed by atoms with Gasteiger partial charge in [0.1, 0.15) is 5.82 Å². The highest BCUT2D eigenvalue weighted by atomic mass is 15.4. The molecule has 1 saturated carbocycles. The van der Waals surface area contributed by atoms with Crippen LogP contribution in [0.5, 0.6) is 0 Å². The number of imidazole rings is 1. The summed E-state index contributed by atoms with van der Waals surface area (Å²) in [6.07, 6.45) is 10.5. The van der Waals surface area contributed by atoms with Gasteiger partial charge < -0.3 is 9.47 Å². The van der Waals surface area contributed by atoms with Gasteiger partial charge in [-0.3, -0.25) is 0 Å². The Balaban J connectivity index is 1.37. The zero-order chi connectivity index (χ0) is 15.2. The maximum absolute atomic E-state index is 4.81. The molecule has 3 aromatic rings. The molecule has 0 atom stereocenters. The van der Waals surface area contributed by atoms with E-state index in [4.69, 9.17) is 5.10 Å². The van der Waals surface area contributed by atoms with Crippen molar-refractivity contribution in [3.63, 3.8) is 0 Å². The first kappa shape index (κ1) is 13.0. The molecule has 0 amide bonds. The second kappa shape index (κ2) is 5.04. The zero-order valence-electron chi connectivity index (χ0n) is 12.9. The van der Waals surface area contributed by atoms with Gasteiger partial charge in [0.25, 0.3) is 0 Å². The summed E-state index contributed by atoms with van der Waals surface area (Å²) in [6.45, 7) is 2.03. The largest absolute Gasteiger partial charge is 0.355 e. The van der Waals surface area contributed by atoms with E-state index in [1.165, 1.54) is 12.8 Å². The van der Waals surface area contributed by atoms with Crippen LogP contribution in [-0.4, -0.2) is 42.5 Å². The van der Waals surface area contributed by atoms with E-state index in [0.717, 1.165) is 43.2 Å². The number of hydrogen-bond donors (Lipinski definition) is 0. The van der Waals surface area contributed by atoms with Crippen LogP contribution >= 0.6 is 0 Å². The van der Waals surface area contributed by atoms with E-state index >= 15 is 0 Å². The third-order valence-corrected chi connectivity index (χ3v) is 4.95. The van der Waals surface area contributed by atoms with Crippen molar-refractivity contribution in [2.75, 3.05) is 18.0 Å². The Kier molecular flexibility index (Phi) is 2.86. The van der Waals surface area contributed by atoms with Gasteiger partial charge in [-0.1, -0.05) is 0 Å². The number of piperidine rings is 1. The lowest BCUT2D eigenvalue weighted by molar-refractivity contribution is 0.394. The van der Waals surface area contributed by atoms with Gasteiger partial charge in [-0.15, -0.1) is 15.3 Å². The molecule has 0 unspecified atom stereocenters. The van der Waals surface area contributed by atoms with Crippen LogP contribution in [0.4, 0.5) is 5.82 Å². The highest BCUT2D eigenvalue weighted by Crippen LogP contribution is 2.38. The van der Waals surface area contributed by atoms with Crippen LogP contribution in [0, 0.1) is 0 Å². The highest BCUT2D eigenvalue weighted by molar-refractivity contribution is 5.46. The lowest BCUT2D eigenvalue weighted by Gasteiger charge is -2.33. The molecule has 118 valence electrons. The van der Waals surface area contributed by atoms with Gasteiger partial charge in [-0.25, -0.2) is 4.98 Å². The Bertz CT molecular complexity index is 810. The second-order valence-electron chi connectivity index (χ2n) is 6.52. The summed E-state index contributed by atoms with van der Waals surface area (Å²) in [7, 11) is 0. The molecule has 23 heavy (non-hydrogen) atoms. The Labute approximate surface area is 134 Å². The van der Waals surface area contributed by atoms with Crippen molar-refractivity contribution in [1.82, 2.24) is 29.4 Å². The fourth-order valence-corrected chi connectivity index (χ4v) is 3.44. The maximum Gasteiger partial charge on any atom is 0.178 e. The molecule has 1 saturated heterocycles. The van der Waals surface area contributed by atoms with Crippen molar-refractivity contribution in [3.8, 4) is 0 Å². The standard InChI is InChI=1S/C16H19N7/c1-2-12(1)16-19-18-14-3-4-15(20-23(14)16)21-8-5-13(6-9-21)22-10-7-17-11-22/h3-4,7,10-13H,1-2,5-6,8-9H2. The summed E-state index contributed by atoms with van der Waals surface area (Å²) in [5.41, 5.74) is 0.851. The first-order valence-corrected chi connectivity index (χ1v) is 8.33. The van der Waals surface area contributed by atoms with Crippen LogP contribution in [0.25, 0.3) is 5.65 Å². The van der Waals surface area contributed by atoms with E-state index < -0.39 is 0 Å². The van der Waals surface area contributed by atoms with Gasteiger partial charge in [-0.05, 0) is 37.8 Å². The van der Waals surface area contributed by atoms with Crippen LogP contribution in [0.2, 0.25) is 0 Å². The molecule has 0 aromatic carbocycles. The van der Waals surface area contributed by atoms with Gasteiger partial charge in [0, 0.05) is 37.4 Å². The van der Waals surface area contributed by atoms with Crippen molar-refractivity contribution >= 4 is 11.5 Å². The SMILES string of the molecule is c1cn(C2CCN(c3ccc4nnc(C5CC5)n4n3)CC2)cn1. The Morgan fingerprint density at radius 1 is 1.00 bits per heavy atom. The normalized spacial score (nSPS) is 19.6. The van der Waals surface area contributed by atoms with E-state index in [2.05, 4.69) is 36.9 Å². The van der Waals surface area contributed by atoms with Gasteiger partial charge in [0.2, 0.25) is 0 Å². The molecule has 3 aromatic heterocycles. The molecule has 4 heterocycles. The molecule has 0 radical (unpaired) electrons. The average Bonchev–Trinajstić information content (AvgIpc) is 3.13. The summed E-state index contributed by atoms with van der Waals surface area (Å²) < 4.78 is 4.16. The summed E-state index contributed by atoms with van der Waals surface area (Å²) >= 11 is 0. The van der Waals surface area contributed by atoms with E-state index in [0.29, 0.717) is 12.0 Å². The van der Waals surface area contributed by atoms with Crippen molar-refractivity contribution in [2.45, 2.75) is 37.6 Å². The molecule has 7 heteroatoms. The molecule has 1 aliphatic carbocycles. The van der Waals surface area contributed by atoms with Crippen LogP contribution in [0.3, 0.4) is 0 Å². The predicted octanol–water partition coefficient (Wildman–Crippen LogP) is 2.04. The molecule has 0 N–H and O–H groups in total. The minimum absolute atomic E-state index is 0.550. The molecule has 0 bridgehead atoms. The molecule has 0 spiro atoms. The van der Waals surface area contributed by atoms with Gasteiger partial charge in [0.15, 0.2) is 11.5 Å². The van der Waals surface area contributed by atoms with Gasteiger partial charge >= 0.3 is 0 Å². The Hall–Kier alpha value is -2.44. The first-order valence-electron chi connectivity index (χ1n) is 8.33. The summed E-state index contributed by atoms with van der Waals surface area (Å²) in [5.74, 6) is 2.61. The highest BCUT2D eigenvalue weighted by Gasteiger charge is 2.29. The number of aromatic nitrogens is 6. The number of rotatable bonds is 3. The number of hydrogen-bond acceptors (Lipinski definition) is 5. The number of nitrogens with zero attached hydrogens (tertiary/aromatic N) is 7. The topological polar surface area (TPSA) is 64.1 Å². The molecule has 7 nitrogen and oxygen atoms in total. The van der Waals surface area contributed by atoms with Crippen LogP contribution < -0.4 is 4.90 Å². The summed E-state index contributed by atoms with van der Waals surface area (Å²) in [5, 5.41) is 13.4. The Morgan fingerprint density at radius 3 is 2.61 bits per heavy atom. The maximum atomic E-state index is 4.81. The number of anilines is 1. The lowest BCUT2D eigenvalue weighted by Crippen LogP contribution is -2.35. The average molecular weight is 309 g/mol. The molecule has 2 fully saturated rings. The predicted molar refractivity (Wildman–Crippen MR) is 85.5 cm³/mol. The number of fused-ring (bicyclic) bond motifs is 1. The van der Waals surface area contributed by atoms with Gasteiger partial charge in [-0.2, -0.15) is 4.52 Å². The molecule has 1 aliphatic heterocycles. The molecule has 5 rings (SSSR count). The second-order valence-corrected chi connectivity index (χ2v) is 6.52. The third kappa shape index (κ3) is 2.27. The quantitative estimate of drug-likeness (QED) is 0.741.